The van der Waals surface area contributed by atoms with E-state index in [1.54, 1.807) is 13.8 Å². The average molecular weight is 318 g/mol. The van der Waals surface area contributed by atoms with Crippen LogP contribution < -0.4 is 10.6 Å². The minimum atomic E-state index is -1.01. The number of carbonyl (C=O) groups excluding carboxylic acids is 2. The second-order valence-electron chi connectivity index (χ2n) is 6.20. The topological polar surface area (TPSA) is 95.5 Å². The van der Waals surface area contributed by atoms with E-state index in [0.29, 0.717) is 19.3 Å². The van der Waals surface area contributed by atoms with E-state index in [1.165, 1.54) is 0 Å². The monoisotopic (exact) mass is 318 g/mol. The number of aliphatic carboxylic acids is 1. The van der Waals surface area contributed by atoms with Gasteiger partial charge in [0.25, 0.3) is 0 Å². The Bertz CT molecular complexity index is 625. The van der Waals surface area contributed by atoms with E-state index in [2.05, 4.69) is 10.6 Å². The van der Waals surface area contributed by atoms with Crippen LogP contribution in [-0.2, 0) is 27.2 Å². The van der Waals surface area contributed by atoms with E-state index in [4.69, 9.17) is 5.11 Å². The molecule has 0 aliphatic carbocycles. The van der Waals surface area contributed by atoms with E-state index in [9.17, 15) is 14.4 Å². The number of carbonyl (C=O) groups is 3. The maximum Gasteiger partial charge on any atom is 0.326 e. The summed E-state index contributed by atoms with van der Waals surface area (Å²) < 4.78 is 0. The van der Waals surface area contributed by atoms with Crippen LogP contribution in [0.25, 0.3) is 0 Å². The normalized spacial score (nSPS) is 14.3. The van der Waals surface area contributed by atoms with Crippen molar-refractivity contribution in [2.75, 3.05) is 5.32 Å². The first-order chi connectivity index (χ1) is 10.9. The third-order valence-corrected chi connectivity index (χ3v) is 3.91. The largest absolute Gasteiger partial charge is 0.480 e. The first kappa shape index (κ1) is 17.0. The molecular weight excluding hydrogens is 296 g/mol. The van der Waals surface area contributed by atoms with Crippen LogP contribution in [0.4, 0.5) is 5.69 Å². The Hall–Kier alpha value is -2.37. The van der Waals surface area contributed by atoms with Gasteiger partial charge < -0.3 is 15.7 Å². The van der Waals surface area contributed by atoms with Gasteiger partial charge in [-0.1, -0.05) is 26.0 Å². The van der Waals surface area contributed by atoms with Crippen LogP contribution in [0.1, 0.15) is 37.8 Å². The Morgan fingerprint density at radius 2 is 2.09 bits per heavy atom. The van der Waals surface area contributed by atoms with Gasteiger partial charge in [-0.25, -0.2) is 4.79 Å². The maximum absolute atomic E-state index is 11.9. The van der Waals surface area contributed by atoms with Gasteiger partial charge in [-0.15, -0.1) is 0 Å². The lowest BCUT2D eigenvalue weighted by molar-refractivity contribution is -0.143. The first-order valence-corrected chi connectivity index (χ1v) is 7.80. The average Bonchev–Trinajstić information content (AvgIpc) is 2.83. The highest BCUT2D eigenvalue weighted by molar-refractivity contribution is 5.99. The lowest BCUT2D eigenvalue weighted by Crippen LogP contribution is -2.44. The molecule has 0 bridgehead atoms. The van der Waals surface area contributed by atoms with Crippen LogP contribution >= 0.6 is 0 Å². The van der Waals surface area contributed by atoms with Crippen LogP contribution in [0, 0.1) is 5.92 Å². The van der Waals surface area contributed by atoms with Crippen LogP contribution in [0.3, 0.4) is 0 Å². The number of hydrogen-bond acceptors (Lipinski definition) is 3. The third kappa shape index (κ3) is 4.55. The Labute approximate surface area is 135 Å². The number of hydrogen-bond donors (Lipinski definition) is 3. The highest BCUT2D eigenvalue weighted by atomic mass is 16.4. The predicted molar refractivity (Wildman–Crippen MR) is 86.1 cm³/mol. The summed E-state index contributed by atoms with van der Waals surface area (Å²) in [5.74, 6) is -1.41. The zero-order valence-corrected chi connectivity index (χ0v) is 13.4. The summed E-state index contributed by atoms with van der Waals surface area (Å²) in [5, 5.41) is 14.4. The molecule has 124 valence electrons. The van der Waals surface area contributed by atoms with E-state index >= 15 is 0 Å². The van der Waals surface area contributed by atoms with Crippen LogP contribution in [-0.4, -0.2) is 28.9 Å². The first-order valence-electron chi connectivity index (χ1n) is 7.80. The van der Waals surface area contributed by atoms with Crippen molar-refractivity contribution >= 4 is 23.5 Å². The van der Waals surface area contributed by atoms with E-state index in [1.807, 2.05) is 18.2 Å². The van der Waals surface area contributed by atoms with Crippen molar-refractivity contribution in [1.82, 2.24) is 5.32 Å². The van der Waals surface area contributed by atoms with Crippen molar-refractivity contribution in [2.45, 2.75) is 45.6 Å². The number of carboxylic acid groups (broad SMARTS) is 1. The highest BCUT2D eigenvalue weighted by Gasteiger charge is 2.23. The Balaban J connectivity index is 1.81. The molecule has 1 heterocycles. The molecule has 1 aromatic rings. The number of amides is 2. The third-order valence-electron chi connectivity index (χ3n) is 3.91. The lowest BCUT2D eigenvalue weighted by atomic mass is 10.0. The second-order valence-corrected chi connectivity index (χ2v) is 6.20. The summed E-state index contributed by atoms with van der Waals surface area (Å²) >= 11 is 0. The molecule has 2 rings (SSSR count). The van der Waals surface area contributed by atoms with Crippen molar-refractivity contribution in [3.63, 3.8) is 0 Å². The summed E-state index contributed by atoms with van der Waals surface area (Å²) in [6.45, 7) is 3.53. The smallest absolute Gasteiger partial charge is 0.326 e. The van der Waals surface area contributed by atoms with Crippen LogP contribution in [0.5, 0.6) is 0 Å². The van der Waals surface area contributed by atoms with Crippen molar-refractivity contribution in [2.24, 2.45) is 5.92 Å². The van der Waals surface area contributed by atoms with E-state index in [0.717, 1.165) is 16.8 Å². The molecule has 0 aromatic heterocycles. The second kappa shape index (κ2) is 7.26. The molecule has 1 aliphatic rings. The molecule has 0 fully saturated rings. The zero-order valence-electron chi connectivity index (χ0n) is 13.4. The molecule has 1 aromatic carbocycles. The van der Waals surface area contributed by atoms with Gasteiger partial charge in [-0.3, -0.25) is 9.59 Å². The fourth-order valence-electron chi connectivity index (χ4n) is 2.65. The van der Waals surface area contributed by atoms with Gasteiger partial charge in [0.05, 0.1) is 6.42 Å². The molecule has 6 nitrogen and oxygen atoms in total. The number of carboxylic acids is 1. The quantitative estimate of drug-likeness (QED) is 0.713. The lowest BCUT2D eigenvalue weighted by Gasteiger charge is -2.17. The molecular formula is C17H22N2O4. The molecule has 1 atom stereocenters. The maximum atomic E-state index is 11.9. The number of fused-ring (bicyclic) bond motifs is 1. The van der Waals surface area contributed by atoms with Gasteiger partial charge in [-0.05, 0) is 36.0 Å². The van der Waals surface area contributed by atoms with Crippen molar-refractivity contribution in [3.05, 3.63) is 29.3 Å². The highest BCUT2D eigenvalue weighted by Crippen LogP contribution is 2.24. The summed E-state index contributed by atoms with van der Waals surface area (Å²) in [7, 11) is 0. The van der Waals surface area contributed by atoms with Gasteiger partial charge in [-0.2, -0.15) is 0 Å². The molecule has 0 radical (unpaired) electrons. The van der Waals surface area contributed by atoms with Crippen molar-refractivity contribution in [1.29, 1.82) is 0 Å². The molecule has 6 heteroatoms. The minimum Gasteiger partial charge on any atom is -0.480 e. The molecule has 0 saturated carbocycles. The van der Waals surface area contributed by atoms with Gasteiger partial charge in [0.15, 0.2) is 0 Å². The molecule has 2 amide bonds. The summed E-state index contributed by atoms with van der Waals surface area (Å²) in [4.78, 5) is 34.2. The number of anilines is 1. The SMILES string of the molecule is CC(C)[C@@H](NC(=O)CCCc1ccc2c(c1)CC(=O)N2)C(=O)O. The van der Waals surface area contributed by atoms with Gasteiger partial charge >= 0.3 is 5.97 Å². The van der Waals surface area contributed by atoms with Gasteiger partial charge in [0.2, 0.25) is 11.8 Å². The minimum absolute atomic E-state index is 0.00456. The molecule has 0 spiro atoms. The van der Waals surface area contributed by atoms with E-state index < -0.39 is 12.0 Å². The predicted octanol–water partition coefficient (Wildman–Crippen LogP) is 1.73. The van der Waals surface area contributed by atoms with Gasteiger partial charge in [0, 0.05) is 12.1 Å². The summed E-state index contributed by atoms with van der Waals surface area (Å²) in [6, 6.07) is 4.96. The Morgan fingerprint density at radius 1 is 1.35 bits per heavy atom. The Kier molecular flexibility index (Phi) is 5.36. The molecule has 3 N–H and O–H groups in total. The zero-order chi connectivity index (χ0) is 17.0. The van der Waals surface area contributed by atoms with E-state index in [-0.39, 0.29) is 24.2 Å². The summed E-state index contributed by atoms with van der Waals surface area (Å²) in [5.41, 5.74) is 2.92. The molecule has 0 saturated heterocycles. The fraction of sp³-hybridized carbons (Fsp3) is 0.471. The summed E-state index contributed by atoms with van der Waals surface area (Å²) in [6.07, 6.45) is 2.04. The number of nitrogens with one attached hydrogen (secondary N) is 2. The fourth-order valence-corrected chi connectivity index (χ4v) is 2.65. The Morgan fingerprint density at radius 3 is 2.74 bits per heavy atom. The molecule has 23 heavy (non-hydrogen) atoms. The van der Waals surface area contributed by atoms with Crippen LogP contribution in [0.15, 0.2) is 18.2 Å². The standard InChI is InChI=1S/C17H22N2O4/c1-10(2)16(17(22)23)19-14(20)5-3-4-11-6-7-13-12(8-11)9-15(21)18-13/h6-8,10,16H,3-5,9H2,1-2H3,(H,18,21)(H,19,20)(H,22,23)/t16-/m1/s1. The molecule has 1 aliphatic heterocycles. The van der Waals surface area contributed by atoms with Gasteiger partial charge in [0.1, 0.15) is 6.04 Å². The van der Waals surface area contributed by atoms with Crippen molar-refractivity contribution < 1.29 is 19.5 Å². The number of rotatable bonds is 7. The molecule has 0 unspecified atom stereocenters. The van der Waals surface area contributed by atoms with Crippen LogP contribution in [0.2, 0.25) is 0 Å². The number of benzene rings is 1. The number of aryl methyl sites for hydroxylation is 1. The van der Waals surface area contributed by atoms with Crippen molar-refractivity contribution in [3.8, 4) is 0 Å².